The lowest BCUT2D eigenvalue weighted by molar-refractivity contribution is 0.578. The standard InChI is InChI=1S/C13H25/c1-3-5-7-9-11-13-12-10-8-6-4-2/h5H,1-4,6-13H2. The van der Waals surface area contributed by atoms with Gasteiger partial charge in [0.1, 0.15) is 0 Å². The van der Waals surface area contributed by atoms with Crippen molar-refractivity contribution in [3.63, 3.8) is 0 Å². The van der Waals surface area contributed by atoms with Crippen molar-refractivity contribution in [1.82, 2.24) is 0 Å². The van der Waals surface area contributed by atoms with Gasteiger partial charge >= 0.3 is 0 Å². The molecule has 0 amide bonds. The Morgan fingerprint density at radius 2 is 1.23 bits per heavy atom. The molecular formula is C13H25. The molecule has 0 aliphatic heterocycles. The first-order valence-electron chi connectivity index (χ1n) is 5.82. The van der Waals surface area contributed by atoms with Crippen molar-refractivity contribution in [2.45, 2.75) is 64.2 Å². The molecule has 0 spiro atoms. The quantitative estimate of drug-likeness (QED) is 0.426. The molecule has 0 aromatic rings. The maximum absolute atomic E-state index is 3.84. The molecule has 0 saturated heterocycles. The van der Waals surface area contributed by atoms with Crippen LogP contribution < -0.4 is 0 Å². The molecule has 0 aromatic carbocycles. The predicted molar refractivity (Wildman–Crippen MR) is 61.2 cm³/mol. The predicted octanol–water partition coefficient (Wildman–Crippen LogP) is 4.76. The van der Waals surface area contributed by atoms with Crippen molar-refractivity contribution in [2.24, 2.45) is 0 Å². The monoisotopic (exact) mass is 181 g/mol. The number of hydrogen-bond donors (Lipinski definition) is 0. The smallest absolute Gasteiger partial charge is 0.0386 e. The second-order valence-electron chi connectivity index (χ2n) is 3.69. The Morgan fingerprint density at radius 1 is 0.692 bits per heavy atom. The maximum Gasteiger partial charge on any atom is -0.0386 e. The van der Waals surface area contributed by atoms with E-state index in [0.717, 1.165) is 12.8 Å². The lowest BCUT2D eigenvalue weighted by Gasteiger charge is -2.00. The van der Waals surface area contributed by atoms with Gasteiger partial charge in [0.25, 0.3) is 0 Å². The lowest BCUT2D eigenvalue weighted by atomic mass is 10.1. The third-order valence-electron chi connectivity index (χ3n) is 2.36. The van der Waals surface area contributed by atoms with Gasteiger partial charge in [-0.05, 0) is 6.42 Å². The molecule has 0 unspecified atom stereocenters. The van der Waals surface area contributed by atoms with E-state index < -0.39 is 0 Å². The Hall–Kier alpha value is 0. The normalized spacial score (nSPS) is 10.6. The van der Waals surface area contributed by atoms with Gasteiger partial charge in [-0.3, -0.25) is 0 Å². The Labute approximate surface area is 85.1 Å². The van der Waals surface area contributed by atoms with Crippen molar-refractivity contribution in [2.75, 3.05) is 0 Å². The summed E-state index contributed by atoms with van der Waals surface area (Å²) >= 11 is 0. The third-order valence-corrected chi connectivity index (χ3v) is 2.36. The van der Waals surface area contributed by atoms with E-state index in [-0.39, 0.29) is 0 Å². The van der Waals surface area contributed by atoms with Crippen LogP contribution in [0.3, 0.4) is 0 Å². The van der Waals surface area contributed by atoms with Crippen molar-refractivity contribution >= 4 is 0 Å². The Kier molecular flexibility index (Phi) is 12.0. The van der Waals surface area contributed by atoms with E-state index in [1.54, 1.807) is 0 Å². The molecule has 0 aliphatic rings. The van der Waals surface area contributed by atoms with E-state index in [1.165, 1.54) is 51.4 Å². The molecule has 0 fully saturated rings. The average molecular weight is 181 g/mol. The molecule has 0 rings (SSSR count). The van der Waals surface area contributed by atoms with Gasteiger partial charge in [-0.15, -0.1) is 0 Å². The van der Waals surface area contributed by atoms with Crippen LogP contribution in [0.1, 0.15) is 64.2 Å². The molecule has 0 bridgehead atoms. The average Bonchev–Trinajstić information content (AvgIpc) is 2.16. The number of hydrogen-bond acceptors (Lipinski definition) is 0. The van der Waals surface area contributed by atoms with Crippen molar-refractivity contribution in [3.8, 4) is 0 Å². The fraction of sp³-hybridized carbons (Fsp3) is 0.769. The van der Waals surface area contributed by atoms with Crippen LogP contribution in [0.4, 0.5) is 0 Å². The fourth-order valence-electron chi connectivity index (χ4n) is 1.49. The Bertz CT molecular complexity index is 66.1. The summed E-state index contributed by atoms with van der Waals surface area (Å²) in [5.74, 6) is 0. The Morgan fingerprint density at radius 3 is 1.77 bits per heavy atom. The molecule has 0 saturated carbocycles. The van der Waals surface area contributed by atoms with Crippen LogP contribution in [0.5, 0.6) is 0 Å². The molecule has 0 aromatic heterocycles. The van der Waals surface area contributed by atoms with Crippen molar-refractivity contribution in [3.05, 3.63) is 20.3 Å². The highest BCUT2D eigenvalue weighted by atomic mass is 14.0. The van der Waals surface area contributed by atoms with Crippen LogP contribution in [0.15, 0.2) is 0 Å². The SMILES string of the molecule is [CH2]C[CH]CCCCCCCCC[CH2]. The third kappa shape index (κ3) is 12.0. The van der Waals surface area contributed by atoms with Crippen LogP contribution >= 0.6 is 0 Å². The minimum atomic E-state index is 0.990. The van der Waals surface area contributed by atoms with Gasteiger partial charge in [-0.25, -0.2) is 0 Å². The maximum atomic E-state index is 3.84. The van der Waals surface area contributed by atoms with Gasteiger partial charge in [0.05, 0.1) is 0 Å². The van der Waals surface area contributed by atoms with Crippen molar-refractivity contribution in [1.29, 1.82) is 0 Å². The first-order valence-corrected chi connectivity index (χ1v) is 5.82. The second-order valence-corrected chi connectivity index (χ2v) is 3.69. The summed E-state index contributed by atoms with van der Waals surface area (Å²) in [6.45, 7) is 7.64. The van der Waals surface area contributed by atoms with Crippen molar-refractivity contribution < 1.29 is 0 Å². The molecule has 13 heavy (non-hydrogen) atoms. The van der Waals surface area contributed by atoms with Gasteiger partial charge in [0.15, 0.2) is 0 Å². The fourth-order valence-corrected chi connectivity index (χ4v) is 1.49. The molecule has 0 heteroatoms. The number of unbranched alkanes of at least 4 members (excludes halogenated alkanes) is 10. The second kappa shape index (κ2) is 12.0. The van der Waals surface area contributed by atoms with Crippen LogP contribution in [0.25, 0.3) is 0 Å². The molecular weight excluding hydrogens is 156 g/mol. The highest BCUT2D eigenvalue weighted by Crippen LogP contribution is 2.10. The largest absolute Gasteiger partial charge is 0.0533 e. The molecule has 77 valence electrons. The van der Waals surface area contributed by atoms with E-state index in [1.807, 2.05) is 0 Å². The van der Waals surface area contributed by atoms with E-state index in [4.69, 9.17) is 0 Å². The molecule has 0 heterocycles. The molecule has 0 N–H and O–H groups in total. The lowest BCUT2D eigenvalue weighted by Crippen LogP contribution is -1.81. The molecule has 0 aliphatic carbocycles. The van der Waals surface area contributed by atoms with E-state index in [9.17, 15) is 0 Å². The summed E-state index contributed by atoms with van der Waals surface area (Å²) in [5, 5.41) is 0. The number of rotatable bonds is 10. The first-order chi connectivity index (χ1) is 6.41. The summed E-state index contributed by atoms with van der Waals surface area (Å²) in [6, 6.07) is 0. The zero-order valence-corrected chi connectivity index (χ0v) is 9.06. The summed E-state index contributed by atoms with van der Waals surface area (Å²) < 4.78 is 0. The summed E-state index contributed by atoms with van der Waals surface area (Å²) in [6.07, 6.45) is 15.4. The van der Waals surface area contributed by atoms with Crippen LogP contribution in [0.2, 0.25) is 0 Å². The van der Waals surface area contributed by atoms with Gasteiger partial charge in [0.2, 0.25) is 0 Å². The van der Waals surface area contributed by atoms with Gasteiger partial charge in [-0.2, -0.15) is 0 Å². The molecule has 0 nitrogen and oxygen atoms in total. The van der Waals surface area contributed by atoms with E-state index in [2.05, 4.69) is 20.3 Å². The van der Waals surface area contributed by atoms with E-state index in [0.29, 0.717) is 0 Å². The summed E-state index contributed by atoms with van der Waals surface area (Å²) in [5.41, 5.74) is 0. The zero-order valence-electron chi connectivity index (χ0n) is 9.06. The highest BCUT2D eigenvalue weighted by molar-refractivity contribution is 4.64. The minimum absolute atomic E-state index is 0.990. The van der Waals surface area contributed by atoms with Crippen LogP contribution in [-0.2, 0) is 0 Å². The van der Waals surface area contributed by atoms with Gasteiger partial charge in [0, 0.05) is 0 Å². The topological polar surface area (TPSA) is 0 Å². The zero-order chi connectivity index (χ0) is 9.78. The van der Waals surface area contributed by atoms with E-state index >= 15 is 0 Å². The molecule has 0 atom stereocenters. The Balaban J connectivity index is 2.76. The van der Waals surface area contributed by atoms with Gasteiger partial charge < -0.3 is 0 Å². The summed E-state index contributed by atoms with van der Waals surface area (Å²) in [4.78, 5) is 0. The molecule has 3 radical (unpaired) electrons. The van der Waals surface area contributed by atoms with Crippen LogP contribution in [0, 0.1) is 20.3 Å². The first kappa shape index (κ1) is 13.0. The van der Waals surface area contributed by atoms with Gasteiger partial charge in [-0.1, -0.05) is 78.1 Å². The highest BCUT2D eigenvalue weighted by Gasteiger charge is 1.91. The van der Waals surface area contributed by atoms with Crippen LogP contribution in [-0.4, -0.2) is 0 Å². The minimum Gasteiger partial charge on any atom is -0.0533 e. The summed E-state index contributed by atoms with van der Waals surface area (Å²) in [7, 11) is 0.